The molecular formula is C13H11N3O4S. The zero-order chi connectivity index (χ0) is 14.7. The molecule has 1 N–H and O–H groups in total. The molecule has 8 heteroatoms. The Morgan fingerprint density at radius 1 is 1.24 bits per heavy atom. The molecule has 3 heterocycles. The number of rotatable bonds is 5. The van der Waals surface area contributed by atoms with Crippen LogP contribution in [0.5, 0.6) is 0 Å². The maximum Gasteiger partial charge on any atom is 0.245 e. The summed E-state index contributed by atoms with van der Waals surface area (Å²) < 4.78 is 36.1. The minimum Gasteiger partial charge on any atom is -0.464 e. The Bertz CT molecular complexity index is 811. The van der Waals surface area contributed by atoms with Crippen LogP contribution in [0.25, 0.3) is 11.3 Å². The molecule has 21 heavy (non-hydrogen) atoms. The highest BCUT2D eigenvalue weighted by Gasteiger charge is 2.16. The third-order valence-corrected chi connectivity index (χ3v) is 4.13. The van der Waals surface area contributed by atoms with Gasteiger partial charge in [-0.2, -0.15) is 0 Å². The van der Waals surface area contributed by atoms with E-state index in [0.29, 0.717) is 11.3 Å². The van der Waals surface area contributed by atoms with Gasteiger partial charge in [-0.1, -0.05) is 5.16 Å². The fourth-order valence-corrected chi connectivity index (χ4v) is 2.63. The van der Waals surface area contributed by atoms with Crippen LogP contribution < -0.4 is 4.72 Å². The van der Waals surface area contributed by atoms with Gasteiger partial charge in [0.1, 0.15) is 16.9 Å². The van der Waals surface area contributed by atoms with Gasteiger partial charge in [0.15, 0.2) is 0 Å². The highest BCUT2D eigenvalue weighted by atomic mass is 32.2. The number of nitrogens with one attached hydrogen (secondary N) is 1. The molecule has 0 spiro atoms. The smallest absolute Gasteiger partial charge is 0.245 e. The van der Waals surface area contributed by atoms with Crippen molar-refractivity contribution >= 4 is 10.0 Å². The van der Waals surface area contributed by atoms with E-state index in [0.717, 1.165) is 18.0 Å². The summed E-state index contributed by atoms with van der Waals surface area (Å²) >= 11 is 0. The van der Waals surface area contributed by atoms with E-state index in [1.54, 1.807) is 24.7 Å². The molecule has 0 saturated heterocycles. The van der Waals surface area contributed by atoms with Crippen molar-refractivity contribution in [3.8, 4) is 11.3 Å². The van der Waals surface area contributed by atoms with Gasteiger partial charge in [0, 0.05) is 24.5 Å². The quantitative estimate of drug-likeness (QED) is 0.772. The third-order valence-electron chi connectivity index (χ3n) is 2.79. The number of pyridine rings is 1. The summed E-state index contributed by atoms with van der Waals surface area (Å²) in [5.74, 6) is 0.672. The SMILES string of the molecule is O=S(=O)(NCc1cncc(-c2ccco2)c1)c1cnoc1. The first-order chi connectivity index (χ1) is 10.1. The Balaban J connectivity index is 1.76. The molecule has 3 aromatic heterocycles. The summed E-state index contributed by atoms with van der Waals surface area (Å²) in [6.07, 6.45) is 7.01. The molecule has 0 fully saturated rings. The Hall–Kier alpha value is -2.45. The Morgan fingerprint density at radius 2 is 2.14 bits per heavy atom. The molecule has 7 nitrogen and oxygen atoms in total. The highest BCUT2D eigenvalue weighted by molar-refractivity contribution is 7.89. The first-order valence-corrected chi connectivity index (χ1v) is 7.50. The predicted octanol–water partition coefficient (Wildman–Crippen LogP) is 1.81. The molecule has 3 aromatic rings. The highest BCUT2D eigenvalue weighted by Crippen LogP contribution is 2.19. The minimum absolute atomic E-state index is 0.0161. The largest absolute Gasteiger partial charge is 0.464 e. The lowest BCUT2D eigenvalue weighted by molar-refractivity contribution is 0.417. The predicted molar refractivity (Wildman–Crippen MR) is 72.5 cm³/mol. The van der Waals surface area contributed by atoms with E-state index in [1.165, 1.54) is 0 Å². The summed E-state index contributed by atoms with van der Waals surface area (Å²) in [7, 11) is -3.64. The van der Waals surface area contributed by atoms with Crippen molar-refractivity contribution in [1.29, 1.82) is 0 Å². The van der Waals surface area contributed by atoms with Crippen LogP contribution in [0.1, 0.15) is 5.56 Å². The van der Waals surface area contributed by atoms with Crippen molar-refractivity contribution in [2.75, 3.05) is 0 Å². The monoisotopic (exact) mass is 305 g/mol. The molecule has 3 rings (SSSR count). The maximum atomic E-state index is 11.9. The van der Waals surface area contributed by atoms with Crippen LogP contribution in [-0.4, -0.2) is 18.6 Å². The van der Waals surface area contributed by atoms with Gasteiger partial charge in [-0.25, -0.2) is 13.1 Å². The van der Waals surface area contributed by atoms with Gasteiger partial charge >= 0.3 is 0 Å². The molecule has 0 aliphatic carbocycles. The first kappa shape index (κ1) is 13.5. The first-order valence-electron chi connectivity index (χ1n) is 6.02. The fourth-order valence-electron chi connectivity index (χ4n) is 1.75. The van der Waals surface area contributed by atoms with Crippen LogP contribution in [0.15, 0.2) is 63.2 Å². The molecule has 0 amide bonds. The van der Waals surface area contributed by atoms with Gasteiger partial charge in [-0.3, -0.25) is 4.98 Å². The Kier molecular flexibility index (Phi) is 3.55. The molecule has 0 aliphatic heterocycles. The third kappa shape index (κ3) is 3.01. The second-order valence-corrected chi connectivity index (χ2v) is 6.01. The number of sulfonamides is 1. The minimum atomic E-state index is -3.64. The van der Waals surface area contributed by atoms with Crippen LogP contribution in [0.4, 0.5) is 0 Å². The maximum absolute atomic E-state index is 11.9. The summed E-state index contributed by atoms with van der Waals surface area (Å²) in [6, 6.07) is 5.39. The zero-order valence-electron chi connectivity index (χ0n) is 10.8. The van der Waals surface area contributed by atoms with E-state index in [4.69, 9.17) is 4.42 Å². The van der Waals surface area contributed by atoms with Crippen molar-refractivity contribution in [2.45, 2.75) is 11.4 Å². The van der Waals surface area contributed by atoms with E-state index in [1.807, 2.05) is 12.1 Å². The van der Waals surface area contributed by atoms with Crippen molar-refractivity contribution in [2.24, 2.45) is 0 Å². The van der Waals surface area contributed by atoms with Crippen molar-refractivity contribution in [3.63, 3.8) is 0 Å². The zero-order valence-corrected chi connectivity index (χ0v) is 11.6. The Morgan fingerprint density at radius 3 is 2.86 bits per heavy atom. The number of aromatic nitrogens is 2. The van der Waals surface area contributed by atoms with E-state index >= 15 is 0 Å². The lowest BCUT2D eigenvalue weighted by Gasteiger charge is -2.05. The Labute approximate surface area is 120 Å². The van der Waals surface area contributed by atoms with Gasteiger partial charge < -0.3 is 8.94 Å². The molecule has 0 saturated carbocycles. The van der Waals surface area contributed by atoms with E-state index in [-0.39, 0.29) is 11.4 Å². The molecule has 108 valence electrons. The standard InChI is InChI=1S/C13H11N3O4S/c17-21(18,12-8-15-20-9-12)16-6-10-4-11(7-14-5-10)13-2-1-3-19-13/h1-5,7-9,16H,6H2. The molecule has 0 unspecified atom stereocenters. The topological polar surface area (TPSA) is 98.2 Å². The van der Waals surface area contributed by atoms with Crippen molar-refractivity contribution in [1.82, 2.24) is 14.9 Å². The van der Waals surface area contributed by atoms with E-state index in [2.05, 4.69) is 19.4 Å². The summed E-state index contributed by atoms with van der Waals surface area (Å²) in [5, 5.41) is 3.37. The van der Waals surface area contributed by atoms with Crippen LogP contribution in [0.2, 0.25) is 0 Å². The van der Waals surface area contributed by atoms with Crippen LogP contribution in [0.3, 0.4) is 0 Å². The lowest BCUT2D eigenvalue weighted by atomic mass is 10.2. The second-order valence-electron chi connectivity index (χ2n) is 4.24. The van der Waals surface area contributed by atoms with E-state index < -0.39 is 10.0 Å². The molecule has 0 aromatic carbocycles. The van der Waals surface area contributed by atoms with Crippen LogP contribution >= 0.6 is 0 Å². The normalized spacial score (nSPS) is 11.6. The lowest BCUT2D eigenvalue weighted by Crippen LogP contribution is -2.22. The number of hydrogen-bond acceptors (Lipinski definition) is 6. The van der Waals surface area contributed by atoms with Crippen molar-refractivity contribution in [3.05, 3.63) is 54.9 Å². The average molecular weight is 305 g/mol. The summed E-state index contributed by atoms with van der Waals surface area (Å²) in [6.45, 7) is 0.106. The van der Waals surface area contributed by atoms with Gasteiger partial charge in [-0.15, -0.1) is 0 Å². The average Bonchev–Trinajstić information content (AvgIpc) is 3.18. The summed E-state index contributed by atoms with van der Waals surface area (Å²) in [4.78, 5) is 4.06. The molecular weight excluding hydrogens is 294 g/mol. The molecule has 0 bridgehead atoms. The molecule has 0 radical (unpaired) electrons. The van der Waals surface area contributed by atoms with E-state index in [9.17, 15) is 8.42 Å². The molecule has 0 atom stereocenters. The van der Waals surface area contributed by atoms with Gasteiger partial charge in [0.05, 0.1) is 12.5 Å². The van der Waals surface area contributed by atoms with Crippen molar-refractivity contribution < 1.29 is 17.4 Å². The number of furan rings is 1. The van der Waals surface area contributed by atoms with Crippen LogP contribution in [0, 0.1) is 0 Å². The molecule has 0 aliphatic rings. The van der Waals surface area contributed by atoms with Crippen LogP contribution in [-0.2, 0) is 16.6 Å². The van der Waals surface area contributed by atoms with Gasteiger partial charge in [0.25, 0.3) is 0 Å². The summed E-state index contributed by atoms with van der Waals surface area (Å²) in [5.41, 5.74) is 1.49. The second kappa shape index (κ2) is 5.51. The number of nitrogens with zero attached hydrogens (tertiary/aromatic N) is 2. The fraction of sp³-hybridized carbons (Fsp3) is 0.0769. The van der Waals surface area contributed by atoms with Gasteiger partial charge in [-0.05, 0) is 23.8 Å². The van der Waals surface area contributed by atoms with Gasteiger partial charge in [0.2, 0.25) is 10.0 Å². The number of hydrogen-bond donors (Lipinski definition) is 1.